The number of imidazole rings is 1. The van der Waals surface area contributed by atoms with Crippen LogP contribution < -0.4 is 5.32 Å². The van der Waals surface area contributed by atoms with E-state index in [9.17, 15) is 15.0 Å². The van der Waals surface area contributed by atoms with Crippen molar-refractivity contribution in [3.05, 3.63) is 33.5 Å². The van der Waals surface area contributed by atoms with Crippen LogP contribution in [-0.2, 0) is 9.53 Å². The average molecular weight is 502 g/mol. The number of halogens is 1. The number of carbonyl (C=O) groups is 1. The van der Waals surface area contributed by atoms with Crippen LogP contribution in [0.15, 0.2) is 18.5 Å². The number of nitrogens with one attached hydrogen (secondary N) is 1. The fourth-order valence-electron chi connectivity index (χ4n) is 4.82. The van der Waals surface area contributed by atoms with Crippen molar-refractivity contribution < 1.29 is 19.7 Å². The van der Waals surface area contributed by atoms with Crippen molar-refractivity contribution in [3.8, 4) is 11.8 Å². The Hall–Kier alpha value is -2.71. The van der Waals surface area contributed by atoms with Crippen molar-refractivity contribution in [2.75, 3.05) is 19.0 Å². The summed E-state index contributed by atoms with van der Waals surface area (Å²) in [6, 6.07) is 3.02. The molecule has 0 radical (unpaired) electrons. The zero-order chi connectivity index (χ0) is 24.0. The summed E-state index contributed by atoms with van der Waals surface area (Å²) in [5, 5.41) is 24.8. The molecule has 3 N–H and O–H groups in total. The van der Waals surface area contributed by atoms with Crippen molar-refractivity contribution in [2.45, 2.75) is 44.4 Å². The number of rotatable bonds is 6. The van der Waals surface area contributed by atoms with Gasteiger partial charge < -0.3 is 24.8 Å². The Kier molecular flexibility index (Phi) is 5.98. The Balaban J connectivity index is 1.50. The Morgan fingerprint density at radius 3 is 2.91 bits per heavy atom. The lowest BCUT2D eigenvalue weighted by Gasteiger charge is -2.23. The highest BCUT2D eigenvalue weighted by Gasteiger charge is 2.76. The van der Waals surface area contributed by atoms with Gasteiger partial charge in [0.15, 0.2) is 17.0 Å². The summed E-state index contributed by atoms with van der Waals surface area (Å²) in [6.45, 7) is 2.32. The second-order valence-corrected chi connectivity index (χ2v) is 10.3. The molecule has 0 bridgehead atoms. The topological polar surface area (TPSA) is 122 Å². The molecule has 5 atom stereocenters. The van der Waals surface area contributed by atoms with E-state index in [1.54, 1.807) is 24.0 Å². The molecule has 0 saturated heterocycles. The number of nitrogens with zero attached hydrogens (tertiary/aromatic N) is 4. The molecule has 0 unspecified atom stereocenters. The van der Waals surface area contributed by atoms with Gasteiger partial charge in [0.2, 0.25) is 5.82 Å². The smallest absolute Gasteiger partial charge is 0.315 e. The maximum atomic E-state index is 12.8. The molecule has 9 nitrogen and oxygen atoms in total. The fourth-order valence-corrected chi connectivity index (χ4v) is 5.72. The Bertz CT molecular complexity index is 1310. The molecule has 2 aliphatic rings. The molecule has 0 spiro atoms. The standard InChI is InChI=1S/C23H24ClN5O4S/c1-3-4-9-33-22(32)23-10-13(23)17(18(30)19(23)31)29-11-26-16-20(25-2)27-15(28-21(16)29)8-6-12-5-7-14(24)34-12/h5,7,11,13,17-19,30-31H,3-4,9-10H2,1-2H3,(H,25,27,28)/t13-,17-,18+,19+,23-/m1/s1. The largest absolute Gasteiger partial charge is 0.465 e. The molecule has 5 rings (SSSR count). The van der Waals surface area contributed by atoms with Gasteiger partial charge in [-0.05, 0) is 36.8 Å². The van der Waals surface area contributed by atoms with Crippen LogP contribution in [0, 0.1) is 23.2 Å². The summed E-state index contributed by atoms with van der Waals surface area (Å²) in [5.41, 5.74) is -0.113. The summed E-state index contributed by atoms with van der Waals surface area (Å²) in [5.74, 6) is 6.01. The number of anilines is 1. The average Bonchev–Trinajstić information content (AvgIpc) is 3.08. The van der Waals surface area contributed by atoms with E-state index in [1.165, 1.54) is 11.3 Å². The number of carbonyl (C=O) groups excluding carboxylic acids is 1. The highest BCUT2D eigenvalue weighted by molar-refractivity contribution is 7.16. The first-order valence-electron chi connectivity index (χ1n) is 11.1. The van der Waals surface area contributed by atoms with Gasteiger partial charge in [0.1, 0.15) is 11.5 Å². The van der Waals surface area contributed by atoms with Crippen LogP contribution in [0.25, 0.3) is 11.2 Å². The molecular formula is C23H24ClN5O4S. The number of hydrogen-bond donors (Lipinski definition) is 3. The second kappa shape index (κ2) is 8.82. The molecule has 2 aliphatic carbocycles. The van der Waals surface area contributed by atoms with E-state index < -0.39 is 29.6 Å². The van der Waals surface area contributed by atoms with Gasteiger partial charge in [-0.3, -0.25) is 4.79 Å². The number of hydrogen-bond acceptors (Lipinski definition) is 9. The highest BCUT2D eigenvalue weighted by Crippen LogP contribution is 2.68. The minimum atomic E-state index is -1.22. The van der Waals surface area contributed by atoms with Crippen LogP contribution in [0.1, 0.15) is 42.9 Å². The van der Waals surface area contributed by atoms with Crippen molar-refractivity contribution in [1.82, 2.24) is 19.5 Å². The number of esters is 1. The van der Waals surface area contributed by atoms with Gasteiger partial charge in [0, 0.05) is 13.0 Å². The van der Waals surface area contributed by atoms with Crippen LogP contribution in [0.5, 0.6) is 0 Å². The van der Waals surface area contributed by atoms with Gasteiger partial charge in [-0.25, -0.2) is 15.0 Å². The van der Waals surface area contributed by atoms with Crippen molar-refractivity contribution >= 4 is 45.9 Å². The summed E-state index contributed by atoms with van der Waals surface area (Å²) in [7, 11) is 1.73. The zero-order valence-electron chi connectivity index (χ0n) is 18.7. The highest BCUT2D eigenvalue weighted by atomic mass is 35.5. The van der Waals surface area contributed by atoms with Gasteiger partial charge in [-0.1, -0.05) is 24.9 Å². The van der Waals surface area contributed by atoms with E-state index in [1.807, 2.05) is 13.0 Å². The van der Waals surface area contributed by atoms with Crippen molar-refractivity contribution in [1.29, 1.82) is 0 Å². The molecule has 11 heteroatoms. The normalized spacial score (nSPS) is 27.2. The molecule has 3 aromatic rings. The Morgan fingerprint density at radius 1 is 1.38 bits per heavy atom. The first-order valence-corrected chi connectivity index (χ1v) is 12.3. The number of aliphatic hydroxyl groups excluding tert-OH is 2. The van der Waals surface area contributed by atoms with Gasteiger partial charge >= 0.3 is 5.97 Å². The lowest BCUT2D eigenvalue weighted by molar-refractivity contribution is -0.157. The molecular weight excluding hydrogens is 478 g/mol. The fraction of sp³-hybridized carbons (Fsp3) is 0.478. The lowest BCUT2D eigenvalue weighted by atomic mass is 9.99. The molecule has 0 amide bonds. The number of unbranched alkanes of at least 4 members (excludes halogenated alkanes) is 1. The SMILES string of the molecule is CCCCOC(=O)[C@]12C[C@@H]1[C@@H](n1cnc3c(NC)nc(C#Cc4ccc(Cl)s4)nc31)[C@H](O)[C@@H]2O. The molecule has 3 heterocycles. The first kappa shape index (κ1) is 23.1. The summed E-state index contributed by atoms with van der Waals surface area (Å²) in [4.78, 5) is 27.1. The summed E-state index contributed by atoms with van der Waals surface area (Å²) in [6.07, 6.45) is 1.28. The minimum Gasteiger partial charge on any atom is -0.465 e. The van der Waals surface area contributed by atoms with Gasteiger partial charge in [-0.15, -0.1) is 11.3 Å². The van der Waals surface area contributed by atoms with E-state index in [4.69, 9.17) is 16.3 Å². The third-order valence-corrected chi connectivity index (χ3v) is 7.78. The van der Waals surface area contributed by atoms with E-state index in [-0.39, 0.29) is 11.7 Å². The quantitative estimate of drug-likeness (QED) is 0.267. The van der Waals surface area contributed by atoms with Gasteiger partial charge in [-0.2, -0.15) is 0 Å². The molecule has 2 fully saturated rings. The predicted octanol–water partition coefficient (Wildman–Crippen LogP) is 2.61. The zero-order valence-corrected chi connectivity index (χ0v) is 20.2. The van der Waals surface area contributed by atoms with Gasteiger partial charge in [0.25, 0.3) is 0 Å². The number of fused-ring (bicyclic) bond motifs is 2. The maximum absolute atomic E-state index is 12.8. The summed E-state index contributed by atoms with van der Waals surface area (Å²) >= 11 is 7.34. The molecule has 3 aromatic heterocycles. The van der Waals surface area contributed by atoms with Crippen LogP contribution in [-0.4, -0.2) is 61.6 Å². The third-order valence-electron chi connectivity index (χ3n) is 6.63. The third kappa shape index (κ3) is 3.64. The molecule has 2 saturated carbocycles. The van der Waals surface area contributed by atoms with Crippen LogP contribution >= 0.6 is 22.9 Å². The van der Waals surface area contributed by atoms with Crippen molar-refractivity contribution in [2.24, 2.45) is 11.3 Å². The second-order valence-electron chi connectivity index (χ2n) is 8.59. The Labute approximate surface area is 205 Å². The monoisotopic (exact) mass is 501 g/mol. The molecule has 0 aromatic carbocycles. The molecule has 34 heavy (non-hydrogen) atoms. The van der Waals surface area contributed by atoms with Crippen molar-refractivity contribution in [3.63, 3.8) is 0 Å². The lowest BCUT2D eigenvalue weighted by Crippen LogP contribution is -2.38. The van der Waals surface area contributed by atoms with Crippen LogP contribution in [0.2, 0.25) is 4.34 Å². The summed E-state index contributed by atoms with van der Waals surface area (Å²) < 4.78 is 7.78. The Morgan fingerprint density at radius 2 is 2.21 bits per heavy atom. The number of aliphatic hydroxyl groups is 2. The molecule has 0 aliphatic heterocycles. The number of ether oxygens (including phenoxy) is 1. The molecule has 178 valence electrons. The first-order chi connectivity index (χ1) is 16.4. The van der Waals surface area contributed by atoms with Crippen LogP contribution in [0.3, 0.4) is 0 Å². The van der Waals surface area contributed by atoms with E-state index >= 15 is 0 Å². The van der Waals surface area contributed by atoms with E-state index in [0.29, 0.717) is 34.3 Å². The van der Waals surface area contributed by atoms with Gasteiger partial charge in [0.05, 0.1) is 34.3 Å². The van der Waals surface area contributed by atoms with E-state index in [2.05, 4.69) is 32.1 Å². The predicted molar refractivity (Wildman–Crippen MR) is 128 cm³/mol. The van der Waals surface area contributed by atoms with Crippen LogP contribution in [0.4, 0.5) is 5.82 Å². The minimum absolute atomic E-state index is 0.275. The van der Waals surface area contributed by atoms with E-state index in [0.717, 1.165) is 17.7 Å². The maximum Gasteiger partial charge on any atom is 0.315 e. The number of aromatic nitrogens is 4. The number of thiophene rings is 1.